The molecule has 25 heavy (non-hydrogen) atoms. The maximum Gasteiger partial charge on any atom is 0.270 e. The molecule has 2 heterocycles. The number of hydrogen-bond donors (Lipinski definition) is 1. The van der Waals surface area contributed by atoms with Crippen molar-refractivity contribution in [3.8, 4) is 16.9 Å². The summed E-state index contributed by atoms with van der Waals surface area (Å²) in [6, 6.07) is 6.36. The number of rotatable bonds is 6. The Bertz CT molecular complexity index is 720. The number of nitrogens with one attached hydrogen (secondary N) is 1. The van der Waals surface area contributed by atoms with E-state index in [4.69, 9.17) is 4.74 Å². The Morgan fingerprint density at radius 2 is 2.04 bits per heavy atom. The number of likely N-dealkylation sites (tertiary alicyclic amines) is 1. The number of unbranched alkanes of at least 4 members (excludes halogenated alkanes) is 1. The zero-order chi connectivity index (χ0) is 17.6. The smallest absolute Gasteiger partial charge is 0.270 e. The third kappa shape index (κ3) is 4.21. The van der Waals surface area contributed by atoms with Crippen LogP contribution in [0.4, 0.5) is 4.39 Å². The van der Waals surface area contributed by atoms with Crippen molar-refractivity contribution in [2.45, 2.75) is 39.0 Å². The van der Waals surface area contributed by atoms with Crippen molar-refractivity contribution in [1.29, 1.82) is 0 Å². The lowest BCUT2D eigenvalue weighted by molar-refractivity contribution is 0.0719. The second-order valence-electron chi connectivity index (χ2n) is 6.50. The maximum absolute atomic E-state index is 13.6. The molecule has 0 bridgehead atoms. The summed E-state index contributed by atoms with van der Waals surface area (Å²) in [5.41, 5.74) is 2.21. The average molecular weight is 344 g/mol. The first-order valence-corrected chi connectivity index (χ1v) is 9.09. The van der Waals surface area contributed by atoms with Crippen molar-refractivity contribution in [3.63, 3.8) is 0 Å². The van der Waals surface area contributed by atoms with Crippen LogP contribution in [0.1, 0.15) is 49.5 Å². The van der Waals surface area contributed by atoms with E-state index in [-0.39, 0.29) is 11.7 Å². The zero-order valence-corrected chi connectivity index (χ0v) is 14.7. The van der Waals surface area contributed by atoms with E-state index in [1.807, 2.05) is 11.0 Å². The summed E-state index contributed by atoms with van der Waals surface area (Å²) >= 11 is 0. The van der Waals surface area contributed by atoms with E-state index in [0.29, 0.717) is 18.1 Å². The van der Waals surface area contributed by atoms with Crippen molar-refractivity contribution in [1.82, 2.24) is 9.88 Å². The molecule has 1 amide bonds. The first kappa shape index (κ1) is 17.5. The van der Waals surface area contributed by atoms with E-state index >= 15 is 0 Å². The van der Waals surface area contributed by atoms with E-state index in [1.54, 1.807) is 12.3 Å². The monoisotopic (exact) mass is 344 g/mol. The first-order chi connectivity index (χ1) is 12.2. The molecule has 1 aliphatic rings. The van der Waals surface area contributed by atoms with Gasteiger partial charge in [0.15, 0.2) is 0 Å². The molecule has 0 spiro atoms. The molecule has 5 heteroatoms. The van der Waals surface area contributed by atoms with E-state index in [2.05, 4.69) is 11.9 Å². The molecule has 1 fully saturated rings. The zero-order valence-electron chi connectivity index (χ0n) is 14.7. The van der Waals surface area contributed by atoms with Crippen LogP contribution in [0.3, 0.4) is 0 Å². The Balaban J connectivity index is 1.80. The fraction of sp³-hybridized carbons (Fsp3) is 0.450. The number of carbonyl (C=O) groups excluding carboxylic acids is 1. The standard InChI is InChI=1S/C20H25FN2O2/c1-2-3-11-25-19-13-16(21)7-8-17(19)15-12-18(22-14-15)20(24)23-9-5-4-6-10-23/h7-8,12-14,22H,2-6,9-11H2,1H3. The molecule has 0 unspecified atom stereocenters. The lowest BCUT2D eigenvalue weighted by Gasteiger charge is -2.26. The van der Waals surface area contributed by atoms with Gasteiger partial charge in [0, 0.05) is 36.5 Å². The van der Waals surface area contributed by atoms with Crippen LogP contribution >= 0.6 is 0 Å². The number of carbonyl (C=O) groups is 1. The highest BCUT2D eigenvalue weighted by atomic mass is 19.1. The van der Waals surface area contributed by atoms with E-state index in [9.17, 15) is 9.18 Å². The number of aromatic nitrogens is 1. The Morgan fingerprint density at radius 1 is 1.24 bits per heavy atom. The number of benzene rings is 1. The summed E-state index contributed by atoms with van der Waals surface area (Å²) < 4.78 is 19.3. The minimum Gasteiger partial charge on any atom is -0.493 e. The van der Waals surface area contributed by atoms with Gasteiger partial charge in [-0.25, -0.2) is 4.39 Å². The number of nitrogens with zero attached hydrogens (tertiary/aromatic N) is 1. The molecule has 0 radical (unpaired) electrons. The Kier molecular flexibility index (Phi) is 5.74. The molecule has 1 saturated heterocycles. The van der Waals surface area contributed by atoms with Gasteiger partial charge in [-0.3, -0.25) is 4.79 Å². The van der Waals surface area contributed by atoms with E-state index in [1.165, 1.54) is 18.6 Å². The van der Waals surface area contributed by atoms with Gasteiger partial charge in [0.1, 0.15) is 17.3 Å². The van der Waals surface area contributed by atoms with Crippen LogP contribution in [0.5, 0.6) is 5.75 Å². The molecular formula is C20H25FN2O2. The molecule has 2 aromatic rings. The predicted molar refractivity (Wildman–Crippen MR) is 96.3 cm³/mol. The normalized spacial score (nSPS) is 14.6. The molecule has 0 atom stereocenters. The van der Waals surface area contributed by atoms with Crippen molar-refractivity contribution in [2.75, 3.05) is 19.7 Å². The maximum atomic E-state index is 13.6. The minimum absolute atomic E-state index is 0.0292. The van der Waals surface area contributed by atoms with Crippen LogP contribution in [0.25, 0.3) is 11.1 Å². The van der Waals surface area contributed by atoms with Crippen molar-refractivity contribution >= 4 is 5.91 Å². The molecule has 1 aromatic carbocycles. The van der Waals surface area contributed by atoms with Gasteiger partial charge in [0.05, 0.1) is 6.61 Å². The largest absolute Gasteiger partial charge is 0.493 e. The van der Waals surface area contributed by atoms with E-state index < -0.39 is 0 Å². The third-order valence-electron chi connectivity index (χ3n) is 4.57. The first-order valence-electron chi connectivity index (χ1n) is 9.09. The summed E-state index contributed by atoms with van der Waals surface area (Å²) in [6.45, 7) is 4.27. The lowest BCUT2D eigenvalue weighted by Crippen LogP contribution is -2.35. The third-order valence-corrected chi connectivity index (χ3v) is 4.57. The van der Waals surface area contributed by atoms with Gasteiger partial charge in [0.2, 0.25) is 0 Å². The average Bonchev–Trinajstić information content (AvgIpc) is 3.12. The Hall–Kier alpha value is -2.30. The highest BCUT2D eigenvalue weighted by Crippen LogP contribution is 2.32. The van der Waals surface area contributed by atoms with Gasteiger partial charge < -0.3 is 14.6 Å². The van der Waals surface area contributed by atoms with Crippen molar-refractivity contribution < 1.29 is 13.9 Å². The molecule has 0 aliphatic carbocycles. The van der Waals surface area contributed by atoms with Gasteiger partial charge >= 0.3 is 0 Å². The molecule has 1 aromatic heterocycles. The summed E-state index contributed by atoms with van der Waals surface area (Å²) in [4.78, 5) is 17.6. The number of aromatic amines is 1. The van der Waals surface area contributed by atoms with E-state index in [0.717, 1.165) is 49.9 Å². The summed E-state index contributed by atoms with van der Waals surface area (Å²) in [5, 5.41) is 0. The molecule has 1 N–H and O–H groups in total. The van der Waals surface area contributed by atoms with Gasteiger partial charge in [-0.05, 0) is 43.9 Å². The summed E-state index contributed by atoms with van der Waals surface area (Å²) in [5.74, 6) is 0.223. The van der Waals surface area contributed by atoms with Crippen molar-refractivity contribution in [3.05, 3.63) is 42.0 Å². The minimum atomic E-state index is -0.324. The van der Waals surface area contributed by atoms with Crippen LogP contribution in [0, 0.1) is 5.82 Å². The fourth-order valence-corrected chi connectivity index (χ4v) is 3.12. The van der Waals surface area contributed by atoms with Gasteiger partial charge in [0.25, 0.3) is 5.91 Å². The van der Waals surface area contributed by atoms with Gasteiger partial charge in [-0.2, -0.15) is 0 Å². The second kappa shape index (κ2) is 8.19. The molecule has 3 rings (SSSR count). The number of amides is 1. The quantitative estimate of drug-likeness (QED) is 0.777. The SMILES string of the molecule is CCCCOc1cc(F)ccc1-c1c[nH]c(C(=O)N2CCCCC2)c1. The van der Waals surface area contributed by atoms with Crippen LogP contribution in [-0.4, -0.2) is 35.5 Å². The fourth-order valence-electron chi connectivity index (χ4n) is 3.12. The number of ether oxygens (including phenoxy) is 1. The summed E-state index contributed by atoms with van der Waals surface area (Å²) in [6.07, 6.45) is 7.04. The number of halogens is 1. The predicted octanol–water partition coefficient (Wildman–Crippen LogP) is 4.63. The Labute approximate surface area is 148 Å². The van der Waals surface area contributed by atoms with Crippen LogP contribution in [0.2, 0.25) is 0 Å². The molecule has 0 saturated carbocycles. The Morgan fingerprint density at radius 3 is 2.80 bits per heavy atom. The number of H-pyrrole nitrogens is 1. The van der Waals surface area contributed by atoms with Gasteiger partial charge in [-0.15, -0.1) is 0 Å². The summed E-state index contributed by atoms with van der Waals surface area (Å²) in [7, 11) is 0. The van der Waals surface area contributed by atoms with Crippen LogP contribution < -0.4 is 4.74 Å². The number of hydrogen-bond acceptors (Lipinski definition) is 2. The van der Waals surface area contributed by atoms with Gasteiger partial charge in [-0.1, -0.05) is 13.3 Å². The number of piperidine rings is 1. The topological polar surface area (TPSA) is 45.3 Å². The van der Waals surface area contributed by atoms with Crippen molar-refractivity contribution in [2.24, 2.45) is 0 Å². The van der Waals surface area contributed by atoms with Crippen LogP contribution in [0.15, 0.2) is 30.5 Å². The highest BCUT2D eigenvalue weighted by molar-refractivity contribution is 5.94. The van der Waals surface area contributed by atoms with Crippen LogP contribution in [-0.2, 0) is 0 Å². The second-order valence-corrected chi connectivity index (χ2v) is 6.50. The molecular weight excluding hydrogens is 319 g/mol. The lowest BCUT2D eigenvalue weighted by atomic mass is 10.1. The molecule has 1 aliphatic heterocycles. The molecule has 134 valence electrons. The molecule has 4 nitrogen and oxygen atoms in total. The highest BCUT2D eigenvalue weighted by Gasteiger charge is 2.20.